The highest BCUT2D eigenvalue weighted by Crippen LogP contribution is 2.19. The maximum absolute atomic E-state index is 13.3. The fourth-order valence-electron chi connectivity index (χ4n) is 1.66. The first-order valence-corrected chi connectivity index (χ1v) is 6.07. The minimum atomic E-state index is -0.391. The van der Waals surface area contributed by atoms with Crippen molar-refractivity contribution in [3.05, 3.63) is 46.8 Å². The van der Waals surface area contributed by atoms with Gasteiger partial charge in [-0.25, -0.2) is 9.37 Å². The summed E-state index contributed by atoms with van der Waals surface area (Å²) in [5, 5.41) is 9.99. The minimum absolute atomic E-state index is 0.0553. The lowest BCUT2D eigenvalue weighted by Gasteiger charge is -2.14. The molecule has 0 aliphatic rings. The molecule has 0 spiro atoms. The summed E-state index contributed by atoms with van der Waals surface area (Å²) in [5.74, 6) is 0.440. The number of hydrogen-bond donors (Lipinski definition) is 2. The quantitative estimate of drug-likeness (QED) is 0.876. The van der Waals surface area contributed by atoms with Gasteiger partial charge in [0.05, 0.1) is 5.02 Å². The molecule has 2 N–H and O–H groups in total. The Morgan fingerprint density at radius 1 is 1.50 bits per heavy atom. The normalized spacial score (nSPS) is 12.6. The van der Waals surface area contributed by atoms with Gasteiger partial charge in [-0.2, -0.15) is 5.10 Å². The van der Waals surface area contributed by atoms with Gasteiger partial charge in [-0.05, 0) is 24.6 Å². The molecule has 1 atom stereocenters. The molecule has 1 aromatic carbocycles. The number of aromatic nitrogens is 3. The van der Waals surface area contributed by atoms with Gasteiger partial charge in [-0.3, -0.25) is 5.10 Å². The van der Waals surface area contributed by atoms with Crippen LogP contribution in [0.1, 0.15) is 24.4 Å². The monoisotopic (exact) mass is 268 g/mol. The Balaban J connectivity index is 1.87. The molecular formula is C12H14ClFN4. The largest absolute Gasteiger partial charge is 0.310 e. The van der Waals surface area contributed by atoms with Gasteiger partial charge in [0.15, 0.2) is 0 Å². The molecule has 2 aromatic rings. The van der Waals surface area contributed by atoms with Crippen LogP contribution in [0.3, 0.4) is 0 Å². The summed E-state index contributed by atoms with van der Waals surface area (Å²) in [7, 11) is 0. The van der Waals surface area contributed by atoms with E-state index in [0.717, 1.165) is 24.4 Å². The molecule has 1 heterocycles. The first-order valence-electron chi connectivity index (χ1n) is 5.69. The van der Waals surface area contributed by atoms with E-state index in [1.165, 1.54) is 12.4 Å². The number of aromatic amines is 1. The molecule has 96 valence electrons. The molecule has 6 heteroatoms. The summed E-state index contributed by atoms with van der Waals surface area (Å²) in [6, 6.07) is 4.90. The zero-order valence-corrected chi connectivity index (χ0v) is 10.7. The van der Waals surface area contributed by atoms with Crippen LogP contribution in [0.4, 0.5) is 4.39 Å². The lowest BCUT2D eigenvalue weighted by Crippen LogP contribution is -2.21. The van der Waals surface area contributed by atoms with Gasteiger partial charge in [0.1, 0.15) is 18.0 Å². The fraction of sp³-hybridized carbons (Fsp3) is 0.333. The third-order valence-electron chi connectivity index (χ3n) is 2.72. The second kappa shape index (κ2) is 5.93. The zero-order chi connectivity index (χ0) is 13.0. The van der Waals surface area contributed by atoms with Gasteiger partial charge in [0.25, 0.3) is 0 Å². The lowest BCUT2D eigenvalue weighted by molar-refractivity contribution is 0.562. The first kappa shape index (κ1) is 13.0. The highest BCUT2D eigenvalue weighted by Gasteiger charge is 2.08. The van der Waals surface area contributed by atoms with Gasteiger partial charge in [0.2, 0.25) is 0 Å². The van der Waals surface area contributed by atoms with Gasteiger partial charge >= 0.3 is 0 Å². The third kappa shape index (κ3) is 3.27. The van der Waals surface area contributed by atoms with E-state index in [1.807, 2.05) is 13.0 Å². The maximum atomic E-state index is 13.3. The summed E-state index contributed by atoms with van der Waals surface area (Å²) in [6.07, 6.45) is 2.23. The molecule has 4 nitrogen and oxygen atoms in total. The average Bonchev–Trinajstić information content (AvgIpc) is 2.85. The van der Waals surface area contributed by atoms with Crippen molar-refractivity contribution < 1.29 is 4.39 Å². The molecule has 0 fully saturated rings. The van der Waals surface area contributed by atoms with E-state index in [0.29, 0.717) is 0 Å². The molecule has 18 heavy (non-hydrogen) atoms. The molecule has 1 aromatic heterocycles. The highest BCUT2D eigenvalue weighted by atomic mass is 35.5. The molecule has 0 aliphatic heterocycles. The van der Waals surface area contributed by atoms with Crippen LogP contribution in [0, 0.1) is 5.82 Å². The van der Waals surface area contributed by atoms with Crippen molar-refractivity contribution in [2.45, 2.75) is 19.4 Å². The van der Waals surface area contributed by atoms with Crippen molar-refractivity contribution >= 4 is 11.6 Å². The second-order valence-corrected chi connectivity index (χ2v) is 4.44. The van der Waals surface area contributed by atoms with Crippen molar-refractivity contribution in [3.63, 3.8) is 0 Å². The molecule has 0 saturated heterocycles. The van der Waals surface area contributed by atoms with Crippen LogP contribution in [0.25, 0.3) is 0 Å². The van der Waals surface area contributed by atoms with Crippen molar-refractivity contribution in [1.82, 2.24) is 20.5 Å². The van der Waals surface area contributed by atoms with Gasteiger partial charge in [0, 0.05) is 19.0 Å². The summed E-state index contributed by atoms with van der Waals surface area (Å²) < 4.78 is 13.3. The molecular weight excluding hydrogens is 255 g/mol. The van der Waals surface area contributed by atoms with E-state index in [2.05, 4.69) is 20.5 Å². The molecule has 0 radical (unpaired) electrons. The lowest BCUT2D eigenvalue weighted by atomic mass is 10.1. The maximum Gasteiger partial charge on any atom is 0.142 e. The standard InChI is InChI=1S/C12H14ClFN4/c1-8(9-2-3-10(13)11(14)6-9)15-5-4-12-16-7-17-18-12/h2-3,6-8,15H,4-5H2,1H3,(H,16,17,18). The molecule has 0 saturated carbocycles. The third-order valence-corrected chi connectivity index (χ3v) is 3.03. The SMILES string of the molecule is CC(NCCc1ncn[nH]1)c1ccc(Cl)c(F)c1. The Kier molecular flexibility index (Phi) is 4.28. The number of nitrogens with one attached hydrogen (secondary N) is 2. The second-order valence-electron chi connectivity index (χ2n) is 4.03. The number of hydrogen-bond acceptors (Lipinski definition) is 3. The first-order chi connectivity index (χ1) is 8.66. The summed E-state index contributed by atoms with van der Waals surface area (Å²) in [6.45, 7) is 2.71. The van der Waals surface area contributed by atoms with Crippen LogP contribution in [-0.2, 0) is 6.42 Å². The Hall–Kier alpha value is -1.46. The summed E-state index contributed by atoms with van der Waals surface area (Å²) in [5.41, 5.74) is 0.870. The van der Waals surface area contributed by atoms with Crippen LogP contribution >= 0.6 is 11.6 Å². The summed E-state index contributed by atoms with van der Waals surface area (Å²) in [4.78, 5) is 4.03. The Bertz CT molecular complexity index is 501. The van der Waals surface area contributed by atoms with Crippen LogP contribution in [-0.4, -0.2) is 21.7 Å². The van der Waals surface area contributed by atoms with Gasteiger partial charge < -0.3 is 5.32 Å². The van der Waals surface area contributed by atoms with Crippen LogP contribution in [0.15, 0.2) is 24.5 Å². The van der Waals surface area contributed by atoms with Crippen molar-refractivity contribution in [3.8, 4) is 0 Å². The fourth-order valence-corrected chi connectivity index (χ4v) is 1.78. The van der Waals surface area contributed by atoms with Crippen molar-refractivity contribution in [2.75, 3.05) is 6.54 Å². The van der Waals surface area contributed by atoms with E-state index in [1.54, 1.807) is 6.07 Å². The van der Waals surface area contributed by atoms with Gasteiger partial charge in [-0.15, -0.1) is 0 Å². The van der Waals surface area contributed by atoms with Crippen LogP contribution in [0.5, 0.6) is 0 Å². The Morgan fingerprint density at radius 3 is 3.00 bits per heavy atom. The topological polar surface area (TPSA) is 53.6 Å². The highest BCUT2D eigenvalue weighted by molar-refractivity contribution is 6.30. The van der Waals surface area contributed by atoms with E-state index < -0.39 is 5.82 Å². The summed E-state index contributed by atoms with van der Waals surface area (Å²) >= 11 is 5.64. The van der Waals surface area contributed by atoms with Gasteiger partial charge in [-0.1, -0.05) is 17.7 Å². The molecule has 1 unspecified atom stereocenters. The Labute approximate surface area is 110 Å². The molecule has 0 amide bonds. The number of nitrogens with zero attached hydrogens (tertiary/aromatic N) is 2. The minimum Gasteiger partial charge on any atom is -0.310 e. The average molecular weight is 269 g/mol. The van der Waals surface area contributed by atoms with E-state index in [9.17, 15) is 4.39 Å². The predicted octanol–water partition coefficient (Wildman–Crippen LogP) is 2.49. The zero-order valence-electron chi connectivity index (χ0n) is 9.95. The van der Waals surface area contributed by atoms with E-state index in [-0.39, 0.29) is 11.1 Å². The Morgan fingerprint density at radius 2 is 2.33 bits per heavy atom. The smallest absolute Gasteiger partial charge is 0.142 e. The number of benzene rings is 1. The molecule has 0 aliphatic carbocycles. The van der Waals surface area contributed by atoms with E-state index >= 15 is 0 Å². The van der Waals surface area contributed by atoms with Crippen molar-refractivity contribution in [2.24, 2.45) is 0 Å². The predicted molar refractivity (Wildman–Crippen MR) is 67.9 cm³/mol. The molecule has 2 rings (SSSR count). The number of H-pyrrole nitrogens is 1. The van der Waals surface area contributed by atoms with E-state index in [4.69, 9.17) is 11.6 Å². The molecule has 0 bridgehead atoms. The van der Waals surface area contributed by atoms with Crippen molar-refractivity contribution in [1.29, 1.82) is 0 Å². The number of halogens is 2. The van der Waals surface area contributed by atoms with Crippen LogP contribution < -0.4 is 5.32 Å². The van der Waals surface area contributed by atoms with Crippen LogP contribution in [0.2, 0.25) is 5.02 Å². The number of rotatable bonds is 5.